The van der Waals surface area contributed by atoms with E-state index in [-0.39, 0.29) is 30.1 Å². The van der Waals surface area contributed by atoms with E-state index in [0.29, 0.717) is 17.6 Å². The fourth-order valence-corrected chi connectivity index (χ4v) is 3.00. The van der Waals surface area contributed by atoms with Gasteiger partial charge in [-0.1, -0.05) is 6.07 Å². The van der Waals surface area contributed by atoms with E-state index < -0.39 is 0 Å². The van der Waals surface area contributed by atoms with Crippen LogP contribution < -0.4 is 16.0 Å². The lowest BCUT2D eigenvalue weighted by Crippen LogP contribution is -2.40. The molecule has 0 spiro atoms. The van der Waals surface area contributed by atoms with Gasteiger partial charge in [-0.2, -0.15) is 0 Å². The predicted octanol–water partition coefficient (Wildman–Crippen LogP) is 2.64. The zero-order valence-corrected chi connectivity index (χ0v) is 15.0. The molecular formula is C18H26ClN3O2. The monoisotopic (exact) mass is 351 g/mol. The largest absolute Gasteiger partial charge is 0.349 e. The second-order valence-corrected chi connectivity index (χ2v) is 6.84. The van der Waals surface area contributed by atoms with Crippen LogP contribution in [0.3, 0.4) is 0 Å². The highest BCUT2D eigenvalue weighted by atomic mass is 35.5. The molecule has 1 aromatic carbocycles. The molecule has 3 rings (SSSR count). The van der Waals surface area contributed by atoms with Crippen LogP contribution in [0.15, 0.2) is 18.2 Å². The van der Waals surface area contributed by atoms with Crippen molar-refractivity contribution in [2.24, 2.45) is 5.92 Å². The van der Waals surface area contributed by atoms with Gasteiger partial charge >= 0.3 is 0 Å². The Morgan fingerprint density at radius 2 is 1.96 bits per heavy atom. The number of piperidine rings is 1. The maximum Gasteiger partial charge on any atom is 0.251 e. The van der Waals surface area contributed by atoms with Crippen molar-refractivity contribution in [3.63, 3.8) is 0 Å². The van der Waals surface area contributed by atoms with Gasteiger partial charge in [0.1, 0.15) is 0 Å². The van der Waals surface area contributed by atoms with E-state index in [1.165, 1.54) is 0 Å². The summed E-state index contributed by atoms with van der Waals surface area (Å²) in [5.41, 5.74) is 2.32. The summed E-state index contributed by atoms with van der Waals surface area (Å²) < 4.78 is 0. The van der Waals surface area contributed by atoms with Crippen LogP contribution in [0.5, 0.6) is 0 Å². The lowest BCUT2D eigenvalue weighted by atomic mass is 9.92. The Hall–Kier alpha value is -1.59. The highest BCUT2D eigenvalue weighted by Gasteiger charge is 2.26. The van der Waals surface area contributed by atoms with Crippen molar-refractivity contribution in [1.29, 1.82) is 0 Å². The standard InChI is InChI=1S/C18H25N3O2.ClH/c1-11-3-4-13(17(22)20-15-5-6-15)10-16(11)21-18(23)14-7-8-19-12(2)9-14;/h3-4,10,12,14-15,19H,5-9H2,1-2H3,(H,20,22)(H,21,23);1H/t12-,14-;/m0./s1. The Bertz CT molecular complexity index is 616. The molecule has 3 N–H and O–H groups in total. The molecule has 1 aliphatic carbocycles. The Labute approximate surface area is 149 Å². The van der Waals surface area contributed by atoms with Crippen molar-refractivity contribution in [3.8, 4) is 0 Å². The molecule has 2 aliphatic rings. The van der Waals surface area contributed by atoms with Crippen molar-refractivity contribution in [2.45, 2.75) is 51.6 Å². The Kier molecular flexibility index (Phi) is 6.24. The molecule has 0 unspecified atom stereocenters. The van der Waals surface area contributed by atoms with Crippen LogP contribution in [0.25, 0.3) is 0 Å². The molecule has 6 heteroatoms. The number of benzene rings is 1. The molecule has 0 aromatic heterocycles. The first-order valence-corrected chi connectivity index (χ1v) is 8.48. The molecule has 1 saturated carbocycles. The summed E-state index contributed by atoms with van der Waals surface area (Å²) in [5, 5.41) is 9.35. The summed E-state index contributed by atoms with van der Waals surface area (Å²) in [5.74, 6) is 0.0364. The molecule has 0 radical (unpaired) electrons. The Morgan fingerprint density at radius 3 is 2.62 bits per heavy atom. The van der Waals surface area contributed by atoms with E-state index in [1.807, 2.05) is 19.1 Å². The minimum atomic E-state index is -0.0570. The number of amides is 2. The number of nitrogens with one attached hydrogen (secondary N) is 3. The van der Waals surface area contributed by atoms with Crippen LogP contribution in [0.1, 0.15) is 48.5 Å². The Morgan fingerprint density at radius 1 is 1.21 bits per heavy atom. The van der Waals surface area contributed by atoms with E-state index >= 15 is 0 Å². The molecule has 24 heavy (non-hydrogen) atoms. The second kappa shape index (κ2) is 7.99. The quantitative estimate of drug-likeness (QED) is 0.781. The number of hydrogen-bond acceptors (Lipinski definition) is 3. The van der Waals surface area contributed by atoms with E-state index in [9.17, 15) is 9.59 Å². The maximum atomic E-state index is 12.5. The number of halogens is 1. The van der Waals surface area contributed by atoms with Gasteiger partial charge in [-0.3, -0.25) is 9.59 Å². The summed E-state index contributed by atoms with van der Waals surface area (Å²) >= 11 is 0. The van der Waals surface area contributed by atoms with Crippen LogP contribution in [-0.2, 0) is 4.79 Å². The first-order chi connectivity index (χ1) is 11.0. The highest BCUT2D eigenvalue weighted by Crippen LogP contribution is 2.23. The molecular weight excluding hydrogens is 326 g/mol. The fourth-order valence-electron chi connectivity index (χ4n) is 3.00. The second-order valence-electron chi connectivity index (χ2n) is 6.84. The number of rotatable bonds is 4. The van der Waals surface area contributed by atoms with Crippen LogP contribution in [0.4, 0.5) is 5.69 Å². The third-order valence-electron chi connectivity index (χ3n) is 4.66. The lowest BCUT2D eigenvalue weighted by molar-refractivity contribution is -0.120. The van der Waals surface area contributed by atoms with E-state index in [1.54, 1.807) is 6.07 Å². The minimum Gasteiger partial charge on any atom is -0.349 e. The topological polar surface area (TPSA) is 70.2 Å². The Balaban J connectivity index is 0.00000208. The summed E-state index contributed by atoms with van der Waals surface area (Å²) in [6, 6.07) is 6.20. The smallest absolute Gasteiger partial charge is 0.251 e. The van der Waals surface area contributed by atoms with Crippen LogP contribution in [-0.4, -0.2) is 30.4 Å². The third-order valence-corrected chi connectivity index (χ3v) is 4.66. The molecule has 2 fully saturated rings. The van der Waals surface area contributed by atoms with Crippen molar-refractivity contribution in [2.75, 3.05) is 11.9 Å². The predicted molar refractivity (Wildman–Crippen MR) is 97.7 cm³/mol. The van der Waals surface area contributed by atoms with Gasteiger partial charge < -0.3 is 16.0 Å². The first kappa shape index (κ1) is 18.7. The van der Waals surface area contributed by atoms with Crippen molar-refractivity contribution in [1.82, 2.24) is 10.6 Å². The van der Waals surface area contributed by atoms with Crippen LogP contribution in [0, 0.1) is 12.8 Å². The van der Waals surface area contributed by atoms with Crippen molar-refractivity contribution >= 4 is 29.9 Å². The molecule has 5 nitrogen and oxygen atoms in total. The van der Waals surface area contributed by atoms with E-state index in [0.717, 1.165) is 43.5 Å². The van der Waals surface area contributed by atoms with Gasteiger partial charge in [-0.05, 0) is 63.8 Å². The fraction of sp³-hybridized carbons (Fsp3) is 0.556. The SMILES string of the molecule is Cc1ccc(C(=O)NC2CC2)cc1NC(=O)[C@H]1CCN[C@@H](C)C1.Cl. The van der Waals surface area contributed by atoms with Gasteiger partial charge in [0.15, 0.2) is 0 Å². The zero-order valence-electron chi connectivity index (χ0n) is 14.2. The molecule has 1 heterocycles. The van der Waals surface area contributed by atoms with Crippen LogP contribution >= 0.6 is 12.4 Å². The first-order valence-electron chi connectivity index (χ1n) is 8.48. The van der Waals surface area contributed by atoms with Gasteiger partial charge in [0.25, 0.3) is 5.91 Å². The highest BCUT2D eigenvalue weighted by molar-refractivity contribution is 5.98. The zero-order chi connectivity index (χ0) is 16.4. The van der Waals surface area contributed by atoms with E-state index in [4.69, 9.17) is 0 Å². The molecule has 2 atom stereocenters. The van der Waals surface area contributed by atoms with Gasteiger partial charge in [0, 0.05) is 29.3 Å². The molecule has 132 valence electrons. The normalized spacial score (nSPS) is 23.1. The third kappa shape index (κ3) is 4.71. The summed E-state index contributed by atoms with van der Waals surface area (Å²) in [4.78, 5) is 24.7. The molecule has 1 aromatic rings. The molecule has 0 bridgehead atoms. The van der Waals surface area contributed by atoms with Crippen LogP contribution in [0.2, 0.25) is 0 Å². The van der Waals surface area contributed by atoms with Crippen molar-refractivity contribution < 1.29 is 9.59 Å². The molecule has 1 saturated heterocycles. The molecule has 1 aliphatic heterocycles. The van der Waals surface area contributed by atoms with Gasteiger partial charge in [-0.15, -0.1) is 12.4 Å². The van der Waals surface area contributed by atoms with Gasteiger partial charge in [-0.25, -0.2) is 0 Å². The van der Waals surface area contributed by atoms with Gasteiger partial charge in [0.2, 0.25) is 5.91 Å². The lowest BCUT2D eigenvalue weighted by Gasteiger charge is -2.27. The number of aryl methyl sites for hydroxylation is 1. The number of anilines is 1. The molecule has 2 amide bonds. The van der Waals surface area contributed by atoms with Gasteiger partial charge in [0.05, 0.1) is 0 Å². The van der Waals surface area contributed by atoms with Crippen molar-refractivity contribution in [3.05, 3.63) is 29.3 Å². The summed E-state index contributed by atoms with van der Waals surface area (Å²) in [6.07, 6.45) is 3.84. The minimum absolute atomic E-state index is 0. The average molecular weight is 352 g/mol. The maximum absolute atomic E-state index is 12.5. The number of carbonyl (C=O) groups is 2. The summed E-state index contributed by atoms with van der Waals surface area (Å²) in [7, 11) is 0. The summed E-state index contributed by atoms with van der Waals surface area (Å²) in [6.45, 7) is 4.93. The number of hydrogen-bond donors (Lipinski definition) is 3. The van der Waals surface area contributed by atoms with E-state index in [2.05, 4.69) is 22.9 Å². The average Bonchev–Trinajstić information content (AvgIpc) is 3.33. The number of carbonyl (C=O) groups excluding carboxylic acids is 2.